The van der Waals surface area contributed by atoms with Gasteiger partial charge < -0.3 is 14.9 Å². The first-order chi connectivity index (χ1) is 21.3. The van der Waals surface area contributed by atoms with Crippen molar-refractivity contribution in [2.75, 3.05) is 0 Å². The molecule has 46 heavy (non-hydrogen) atoms. The fourth-order valence-corrected chi connectivity index (χ4v) is 8.13. The molecule has 0 amide bonds. The fraction of sp³-hybridized carbons (Fsp3) is 0.111. The number of rotatable bonds is 4. The molecule has 8 aromatic carbocycles. The zero-order valence-corrected chi connectivity index (χ0v) is 30.3. The second-order valence-electron chi connectivity index (χ2n) is 12.4. The second kappa shape index (κ2) is 12.6. The maximum Gasteiger partial charge on any atom is 4.00 e. The largest absolute Gasteiger partial charge is 4.00 e. The van der Waals surface area contributed by atoms with E-state index in [9.17, 15) is 0 Å². The van der Waals surface area contributed by atoms with Crippen LogP contribution in [0.1, 0.15) is 36.8 Å². The van der Waals surface area contributed by atoms with Gasteiger partial charge in [-0.15, -0.1) is 69.1 Å². The molecule has 0 unspecified atom stereocenters. The summed E-state index contributed by atoms with van der Waals surface area (Å²) in [5.41, 5.74) is 8.31. The molecule has 0 nitrogen and oxygen atoms in total. The van der Waals surface area contributed by atoms with Gasteiger partial charge in [-0.1, -0.05) is 121 Å². The predicted molar refractivity (Wildman–Crippen MR) is 197 cm³/mol. The number of hydrogen-bond donors (Lipinski definition) is 0. The summed E-state index contributed by atoms with van der Waals surface area (Å²) in [5.74, 6) is 0. The van der Waals surface area contributed by atoms with Gasteiger partial charge in [-0.2, -0.15) is 12.1 Å². The molecular weight excluding hydrogens is 719 g/mol. The third kappa shape index (κ3) is 4.92. The number of benzene rings is 6. The van der Waals surface area contributed by atoms with Crippen LogP contribution in [0.2, 0.25) is 0 Å². The van der Waals surface area contributed by atoms with Crippen LogP contribution in [-0.4, -0.2) is 0 Å². The van der Waals surface area contributed by atoms with Gasteiger partial charge in [-0.3, -0.25) is 0 Å². The smallest absolute Gasteiger partial charge is 0.358 e. The molecule has 8 aromatic rings. The minimum atomic E-state index is 0. The Balaban J connectivity index is 0.00000124. The average molecular weight is 757 g/mol. The first kappa shape index (κ1) is 31.9. The van der Waals surface area contributed by atoms with Gasteiger partial charge in [-0.05, 0) is 50.9 Å². The Hall–Kier alpha value is -4.07. The van der Waals surface area contributed by atoms with E-state index < -0.39 is 0 Å². The topological polar surface area (TPSA) is 0 Å². The third-order valence-corrected chi connectivity index (χ3v) is 10.2. The summed E-state index contributed by atoms with van der Waals surface area (Å²) in [4.78, 5) is 0. The summed E-state index contributed by atoms with van der Waals surface area (Å²) < 4.78 is 0. The van der Waals surface area contributed by atoms with Gasteiger partial charge >= 0.3 is 25.8 Å². The van der Waals surface area contributed by atoms with Crippen LogP contribution in [0.25, 0.3) is 65.3 Å². The van der Waals surface area contributed by atoms with Crippen molar-refractivity contribution >= 4 is 43.1 Å². The number of hydrogen-bond acceptors (Lipinski definition) is 0. The summed E-state index contributed by atoms with van der Waals surface area (Å²) in [6.45, 7) is 0. The van der Waals surface area contributed by atoms with E-state index >= 15 is 0 Å². The van der Waals surface area contributed by atoms with Crippen LogP contribution in [0.3, 0.4) is 0 Å². The van der Waals surface area contributed by atoms with Crippen molar-refractivity contribution in [3.05, 3.63) is 172 Å². The summed E-state index contributed by atoms with van der Waals surface area (Å²) >= 11 is 0. The molecule has 0 bridgehead atoms. The Morgan fingerprint density at radius 2 is 0.783 bits per heavy atom. The summed E-state index contributed by atoms with van der Waals surface area (Å²) in [6.07, 6.45) is 4.95. The SMILES string of the molecule is [CH3-].[CH3-].[Hf+4].c1ccc2c(-c3cccc4[cH-]c(C5(c6cc7c(-c8cccc9ccccc89)cccc7[cH-]6)CCCC5)cc34)cccc2c1. The van der Waals surface area contributed by atoms with Crippen molar-refractivity contribution in [2.24, 2.45) is 0 Å². The molecular formula is C45H38Hf. The van der Waals surface area contributed by atoms with Crippen LogP contribution < -0.4 is 0 Å². The van der Waals surface area contributed by atoms with Crippen LogP contribution in [0.5, 0.6) is 0 Å². The van der Waals surface area contributed by atoms with E-state index in [2.05, 4.69) is 146 Å². The molecule has 1 aliphatic carbocycles. The van der Waals surface area contributed by atoms with Gasteiger partial charge in [0.25, 0.3) is 0 Å². The molecule has 1 saturated carbocycles. The monoisotopic (exact) mass is 758 g/mol. The molecule has 1 fully saturated rings. The van der Waals surface area contributed by atoms with Gasteiger partial charge in [0.05, 0.1) is 0 Å². The predicted octanol–water partition coefficient (Wildman–Crippen LogP) is 12.8. The minimum absolute atomic E-state index is 0. The Labute approximate surface area is 292 Å². The maximum atomic E-state index is 2.53. The van der Waals surface area contributed by atoms with Gasteiger partial charge in [0.2, 0.25) is 0 Å². The maximum absolute atomic E-state index is 2.53. The van der Waals surface area contributed by atoms with Crippen molar-refractivity contribution in [3.8, 4) is 22.3 Å². The van der Waals surface area contributed by atoms with E-state index in [0.29, 0.717) is 0 Å². The van der Waals surface area contributed by atoms with Crippen molar-refractivity contribution in [1.29, 1.82) is 0 Å². The molecule has 0 aliphatic heterocycles. The van der Waals surface area contributed by atoms with Crippen LogP contribution in [0, 0.1) is 14.9 Å². The normalized spacial score (nSPS) is 13.8. The Morgan fingerprint density at radius 1 is 0.413 bits per heavy atom. The summed E-state index contributed by atoms with van der Waals surface area (Å²) in [7, 11) is 0. The minimum Gasteiger partial charge on any atom is -0.358 e. The zero-order chi connectivity index (χ0) is 28.4. The molecule has 0 atom stereocenters. The van der Waals surface area contributed by atoms with Crippen molar-refractivity contribution < 1.29 is 25.8 Å². The Morgan fingerprint density at radius 3 is 1.24 bits per heavy atom. The molecule has 0 saturated heterocycles. The second-order valence-corrected chi connectivity index (χ2v) is 12.4. The van der Waals surface area contributed by atoms with Gasteiger partial charge in [0.1, 0.15) is 0 Å². The van der Waals surface area contributed by atoms with Crippen molar-refractivity contribution in [3.63, 3.8) is 0 Å². The van der Waals surface area contributed by atoms with E-state index in [-0.39, 0.29) is 46.1 Å². The fourth-order valence-electron chi connectivity index (χ4n) is 8.13. The van der Waals surface area contributed by atoms with E-state index in [0.717, 1.165) is 0 Å². The average Bonchev–Trinajstić information content (AvgIpc) is 3.83. The summed E-state index contributed by atoms with van der Waals surface area (Å²) in [6, 6.07) is 54.7. The van der Waals surface area contributed by atoms with Crippen molar-refractivity contribution in [1.82, 2.24) is 0 Å². The quantitative estimate of drug-likeness (QED) is 0.124. The van der Waals surface area contributed by atoms with E-state index in [1.54, 1.807) is 0 Å². The van der Waals surface area contributed by atoms with E-state index in [4.69, 9.17) is 0 Å². The molecule has 9 rings (SSSR count). The van der Waals surface area contributed by atoms with Crippen LogP contribution in [0.4, 0.5) is 0 Å². The summed E-state index contributed by atoms with van der Waals surface area (Å²) in [5, 5.41) is 10.7. The van der Waals surface area contributed by atoms with Crippen LogP contribution in [-0.2, 0) is 31.3 Å². The Kier molecular flexibility index (Phi) is 8.75. The van der Waals surface area contributed by atoms with Gasteiger partial charge in [0.15, 0.2) is 0 Å². The molecule has 0 heterocycles. The number of fused-ring (bicyclic) bond motifs is 4. The molecule has 0 N–H and O–H groups in total. The molecule has 0 radical (unpaired) electrons. The van der Waals surface area contributed by atoms with Crippen LogP contribution in [0.15, 0.2) is 146 Å². The zero-order valence-electron chi connectivity index (χ0n) is 26.7. The molecule has 0 aromatic heterocycles. The third-order valence-electron chi connectivity index (χ3n) is 10.2. The first-order valence-corrected chi connectivity index (χ1v) is 15.6. The van der Waals surface area contributed by atoms with Crippen molar-refractivity contribution in [2.45, 2.75) is 31.1 Å². The molecule has 222 valence electrons. The standard InChI is InChI=1S/C43H32.2CH3.Hf/c1-3-17-35-29(11-1)13-7-19-37(35)39-21-9-15-31-25-33(27-41(31)39)43(23-5-6-24-43)34-26-32-16-10-22-40(42(32)28-34)38-20-8-14-30-12-2-4-18-36(30)38;;;/h1-4,7-22,25-28H,5-6,23-24H2;2*1H3;/q-2;2*-1;+4. The molecule has 0 spiro atoms. The molecule has 1 heteroatoms. The van der Waals surface area contributed by atoms with Gasteiger partial charge in [0, 0.05) is 0 Å². The Bertz CT molecular complexity index is 2130. The van der Waals surface area contributed by atoms with E-state index in [1.807, 2.05) is 0 Å². The van der Waals surface area contributed by atoms with Gasteiger partial charge in [-0.25, -0.2) is 0 Å². The first-order valence-electron chi connectivity index (χ1n) is 15.6. The van der Waals surface area contributed by atoms with E-state index in [1.165, 1.54) is 102 Å². The van der Waals surface area contributed by atoms with Crippen LogP contribution >= 0.6 is 0 Å². The molecule has 1 aliphatic rings.